The highest BCUT2D eigenvalue weighted by molar-refractivity contribution is 9.10. The molecule has 2 aromatic rings. The van der Waals surface area contributed by atoms with Gasteiger partial charge in [-0.25, -0.2) is 0 Å². The highest BCUT2D eigenvalue weighted by atomic mass is 79.9. The normalized spacial score (nSPS) is 14.5. The number of halogens is 2. The van der Waals surface area contributed by atoms with Crippen LogP contribution in [0.15, 0.2) is 39.4 Å². The van der Waals surface area contributed by atoms with Crippen LogP contribution < -0.4 is 0 Å². The van der Waals surface area contributed by atoms with E-state index in [4.69, 9.17) is 0 Å². The average molecular weight is 374 g/mol. The van der Waals surface area contributed by atoms with Gasteiger partial charge in [0.15, 0.2) is 0 Å². The highest BCUT2D eigenvalue weighted by Crippen LogP contribution is 2.34. The first kappa shape index (κ1) is 13.8. The van der Waals surface area contributed by atoms with Crippen molar-refractivity contribution in [1.82, 2.24) is 9.78 Å². The summed E-state index contributed by atoms with van der Waals surface area (Å²) in [5, 5.41) is 15.1. The standard InChI is InChI=1S/C13H14Br2N2O/c1-3-17-12(11(15)8-16-17)13(2,18)9-5-4-6-10(14)7-9/h4-8,18H,3H2,1-2H3. The Hall–Kier alpha value is -0.650. The lowest BCUT2D eigenvalue weighted by molar-refractivity contribution is 0.0909. The molecular weight excluding hydrogens is 360 g/mol. The van der Waals surface area contributed by atoms with Crippen LogP contribution in [0.5, 0.6) is 0 Å². The molecule has 1 N–H and O–H groups in total. The van der Waals surface area contributed by atoms with Gasteiger partial charge in [-0.2, -0.15) is 5.10 Å². The van der Waals surface area contributed by atoms with Crippen LogP contribution in [-0.4, -0.2) is 14.9 Å². The monoisotopic (exact) mass is 372 g/mol. The molecule has 1 aromatic carbocycles. The molecule has 1 aromatic heterocycles. The molecule has 3 nitrogen and oxygen atoms in total. The van der Waals surface area contributed by atoms with E-state index in [0.29, 0.717) is 6.54 Å². The number of benzene rings is 1. The Morgan fingerprint density at radius 1 is 1.39 bits per heavy atom. The molecule has 1 atom stereocenters. The Balaban J connectivity index is 2.57. The van der Waals surface area contributed by atoms with Crippen molar-refractivity contribution in [1.29, 1.82) is 0 Å². The zero-order valence-corrected chi connectivity index (χ0v) is 13.4. The van der Waals surface area contributed by atoms with Crippen LogP contribution in [0.2, 0.25) is 0 Å². The van der Waals surface area contributed by atoms with E-state index in [0.717, 1.165) is 20.2 Å². The van der Waals surface area contributed by atoms with Crippen molar-refractivity contribution < 1.29 is 5.11 Å². The first-order chi connectivity index (χ1) is 8.46. The molecule has 0 fully saturated rings. The molecule has 0 aliphatic heterocycles. The summed E-state index contributed by atoms with van der Waals surface area (Å²) >= 11 is 6.88. The number of hydrogen-bond donors (Lipinski definition) is 1. The van der Waals surface area contributed by atoms with Gasteiger partial charge in [0.1, 0.15) is 5.60 Å². The van der Waals surface area contributed by atoms with Crippen molar-refractivity contribution in [3.8, 4) is 0 Å². The Labute approximate surface area is 123 Å². The Bertz CT molecular complexity index is 564. The molecule has 0 bridgehead atoms. The minimum absolute atomic E-state index is 0.713. The molecule has 18 heavy (non-hydrogen) atoms. The number of aliphatic hydroxyl groups is 1. The van der Waals surface area contributed by atoms with Gasteiger partial charge in [-0.1, -0.05) is 28.1 Å². The van der Waals surface area contributed by atoms with Crippen molar-refractivity contribution in [2.45, 2.75) is 26.0 Å². The molecule has 96 valence electrons. The summed E-state index contributed by atoms with van der Waals surface area (Å²) in [5.41, 5.74) is 0.505. The molecule has 2 rings (SSSR count). The smallest absolute Gasteiger partial charge is 0.129 e. The summed E-state index contributed by atoms with van der Waals surface area (Å²) in [6.45, 7) is 4.49. The predicted octanol–water partition coefficient (Wildman–Crippen LogP) is 3.68. The predicted molar refractivity (Wildman–Crippen MR) is 78.4 cm³/mol. The van der Waals surface area contributed by atoms with Crippen molar-refractivity contribution in [3.05, 3.63) is 50.7 Å². The lowest BCUT2D eigenvalue weighted by Gasteiger charge is -2.25. The average Bonchev–Trinajstić information content (AvgIpc) is 2.71. The molecule has 5 heteroatoms. The second-order valence-electron chi connectivity index (χ2n) is 4.24. The summed E-state index contributed by atoms with van der Waals surface area (Å²) in [7, 11) is 0. The van der Waals surface area contributed by atoms with E-state index in [9.17, 15) is 5.11 Å². The number of nitrogens with zero attached hydrogens (tertiary/aromatic N) is 2. The van der Waals surface area contributed by atoms with Crippen molar-refractivity contribution in [3.63, 3.8) is 0 Å². The summed E-state index contributed by atoms with van der Waals surface area (Å²) < 4.78 is 3.55. The first-order valence-corrected chi connectivity index (χ1v) is 7.25. The van der Waals surface area contributed by atoms with Crippen LogP contribution in [0.1, 0.15) is 25.1 Å². The van der Waals surface area contributed by atoms with Crippen LogP contribution >= 0.6 is 31.9 Å². The van der Waals surface area contributed by atoms with Gasteiger partial charge in [0, 0.05) is 11.0 Å². The summed E-state index contributed by atoms with van der Waals surface area (Å²) in [6.07, 6.45) is 1.71. The van der Waals surface area contributed by atoms with E-state index < -0.39 is 5.60 Å². The minimum atomic E-state index is -1.09. The van der Waals surface area contributed by atoms with Crippen molar-refractivity contribution >= 4 is 31.9 Å². The minimum Gasteiger partial charge on any atom is -0.379 e. The van der Waals surface area contributed by atoms with Gasteiger partial charge in [-0.15, -0.1) is 0 Å². The molecule has 1 unspecified atom stereocenters. The van der Waals surface area contributed by atoms with Gasteiger partial charge >= 0.3 is 0 Å². The van der Waals surface area contributed by atoms with E-state index in [1.165, 1.54) is 0 Å². The second kappa shape index (κ2) is 5.15. The molecule has 0 spiro atoms. The van der Waals surface area contributed by atoms with Gasteiger partial charge in [0.2, 0.25) is 0 Å². The van der Waals surface area contributed by atoms with Gasteiger partial charge in [0.05, 0.1) is 16.4 Å². The highest BCUT2D eigenvalue weighted by Gasteiger charge is 2.31. The zero-order chi connectivity index (χ0) is 13.3. The number of aromatic nitrogens is 2. The van der Waals surface area contributed by atoms with Crippen LogP contribution in [0, 0.1) is 0 Å². The lowest BCUT2D eigenvalue weighted by atomic mass is 9.92. The molecule has 0 aliphatic rings. The van der Waals surface area contributed by atoms with E-state index in [1.54, 1.807) is 17.8 Å². The van der Waals surface area contributed by atoms with Crippen molar-refractivity contribution in [2.75, 3.05) is 0 Å². The molecule has 0 aliphatic carbocycles. The number of hydrogen-bond acceptors (Lipinski definition) is 2. The molecule has 0 amide bonds. The first-order valence-electron chi connectivity index (χ1n) is 5.67. The fourth-order valence-corrected chi connectivity index (χ4v) is 3.10. The second-order valence-corrected chi connectivity index (χ2v) is 6.01. The van der Waals surface area contributed by atoms with E-state index in [1.807, 2.05) is 31.2 Å². The SMILES string of the molecule is CCn1ncc(Br)c1C(C)(O)c1cccc(Br)c1. The zero-order valence-electron chi connectivity index (χ0n) is 10.2. The van der Waals surface area contributed by atoms with Crippen LogP contribution in [0.3, 0.4) is 0 Å². The maximum atomic E-state index is 10.9. The fourth-order valence-electron chi connectivity index (χ4n) is 2.01. The maximum absolute atomic E-state index is 10.9. The summed E-state index contributed by atoms with van der Waals surface area (Å²) in [6, 6.07) is 7.67. The third-order valence-corrected chi connectivity index (χ3v) is 4.02. The molecule has 0 radical (unpaired) electrons. The fraction of sp³-hybridized carbons (Fsp3) is 0.308. The quantitative estimate of drug-likeness (QED) is 0.890. The number of aryl methyl sites for hydroxylation is 1. The third kappa shape index (κ3) is 2.39. The molecular formula is C13H14Br2N2O. The van der Waals surface area contributed by atoms with E-state index in [2.05, 4.69) is 37.0 Å². The van der Waals surface area contributed by atoms with Crippen LogP contribution in [0.25, 0.3) is 0 Å². The van der Waals surface area contributed by atoms with Crippen LogP contribution in [0.4, 0.5) is 0 Å². The maximum Gasteiger partial charge on any atom is 0.129 e. The molecule has 0 saturated heterocycles. The Kier molecular flexibility index (Phi) is 3.94. The van der Waals surface area contributed by atoms with Gasteiger partial charge in [-0.05, 0) is 47.5 Å². The molecule has 0 saturated carbocycles. The van der Waals surface area contributed by atoms with Crippen molar-refractivity contribution in [2.24, 2.45) is 0 Å². The summed E-state index contributed by atoms with van der Waals surface area (Å²) in [4.78, 5) is 0. The summed E-state index contributed by atoms with van der Waals surface area (Å²) in [5.74, 6) is 0. The topological polar surface area (TPSA) is 38.0 Å². The van der Waals surface area contributed by atoms with Gasteiger partial charge in [0.25, 0.3) is 0 Å². The van der Waals surface area contributed by atoms with Crippen LogP contribution in [-0.2, 0) is 12.1 Å². The largest absolute Gasteiger partial charge is 0.379 e. The molecule has 1 heterocycles. The van der Waals surface area contributed by atoms with E-state index in [-0.39, 0.29) is 0 Å². The van der Waals surface area contributed by atoms with Gasteiger partial charge in [-0.3, -0.25) is 4.68 Å². The lowest BCUT2D eigenvalue weighted by Crippen LogP contribution is -2.27. The third-order valence-electron chi connectivity index (χ3n) is 2.94. The Morgan fingerprint density at radius 2 is 2.11 bits per heavy atom. The van der Waals surface area contributed by atoms with E-state index >= 15 is 0 Å². The number of rotatable bonds is 3. The Morgan fingerprint density at radius 3 is 2.72 bits per heavy atom. The van der Waals surface area contributed by atoms with Gasteiger partial charge < -0.3 is 5.11 Å².